The van der Waals surface area contributed by atoms with Crippen molar-refractivity contribution < 1.29 is 14.3 Å². The molecule has 1 saturated carbocycles. The first kappa shape index (κ1) is 13.2. The van der Waals surface area contributed by atoms with Gasteiger partial charge in [0.05, 0.1) is 12.5 Å². The molecule has 0 bridgehead atoms. The SMILES string of the molecule is COCCOC(=O)C1C(C=C(C)C)C1(C)C. The average molecular weight is 226 g/mol. The maximum absolute atomic E-state index is 11.8. The van der Waals surface area contributed by atoms with Gasteiger partial charge in [-0.3, -0.25) is 4.79 Å². The molecule has 0 radical (unpaired) electrons. The summed E-state index contributed by atoms with van der Waals surface area (Å²) >= 11 is 0. The summed E-state index contributed by atoms with van der Waals surface area (Å²) in [5.74, 6) is 0.247. The molecule has 1 aliphatic rings. The minimum absolute atomic E-state index is 0.0132. The average Bonchev–Trinajstić information content (AvgIpc) is 2.67. The molecule has 1 fully saturated rings. The van der Waals surface area contributed by atoms with Crippen LogP contribution in [-0.2, 0) is 14.3 Å². The van der Waals surface area contributed by atoms with Crippen LogP contribution in [0.5, 0.6) is 0 Å². The van der Waals surface area contributed by atoms with Crippen molar-refractivity contribution in [3.8, 4) is 0 Å². The second kappa shape index (κ2) is 5.00. The van der Waals surface area contributed by atoms with E-state index in [1.807, 2.05) is 0 Å². The lowest BCUT2D eigenvalue weighted by molar-refractivity contribution is -0.147. The maximum atomic E-state index is 11.8. The minimum atomic E-state index is -0.0930. The molecule has 0 spiro atoms. The van der Waals surface area contributed by atoms with Gasteiger partial charge in [0.2, 0.25) is 0 Å². The molecule has 0 aromatic rings. The first-order valence-electron chi connectivity index (χ1n) is 5.72. The molecule has 1 aliphatic carbocycles. The highest BCUT2D eigenvalue weighted by Gasteiger charge is 2.61. The standard InChI is InChI=1S/C13H22O3/c1-9(2)8-10-11(13(10,3)4)12(14)16-7-6-15-5/h8,10-11H,6-7H2,1-5H3. The van der Waals surface area contributed by atoms with Gasteiger partial charge in [-0.2, -0.15) is 0 Å². The summed E-state index contributed by atoms with van der Waals surface area (Å²) in [4.78, 5) is 11.8. The number of ether oxygens (including phenoxy) is 2. The van der Waals surface area contributed by atoms with Crippen LogP contribution in [0.3, 0.4) is 0 Å². The van der Waals surface area contributed by atoms with Crippen molar-refractivity contribution in [2.45, 2.75) is 27.7 Å². The largest absolute Gasteiger partial charge is 0.463 e. The number of methoxy groups -OCH3 is 1. The summed E-state index contributed by atoms with van der Waals surface area (Å²) in [5.41, 5.74) is 1.30. The van der Waals surface area contributed by atoms with Gasteiger partial charge in [0.1, 0.15) is 6.61 Å². The van der Waals surface area contributed by atoms with E-state index < -0.39 is 0 Å². The summed E-state index contributed by atoms with van der Waals surface area (Å²) in [7, 11) is 1.60. The number of hydrogen-bond acceptors (Lipinski definition) is 3. The highest BCUT2D eigenvalue weighted by molar-refractivity contribution is 5.78. The summed E-state index contributed by atoms with van der Waals surface area (Å²) in [6.45, 7) is 9.15. The molecular formula is C13H22O3. The molecule has 0 aromatic carbocycles. The van der Waals surface area contributed by atoms with Crippen molar-refractivity contribution in [3.63, 3.8) is 0 Å². The van der Waals surface area contributed by atoms with E-state index >= 15 is 0 Å². The molecule has 0 amide bonds. The van der Waals surface area contributed by atoms with Crippen molar-refractivity contribution in [1.29, 1.82) is 0 Å². The number of carbonyl (C=O) groups is 1. The first-order chi connectivity index (χ1) is 7.41. The Morgan fingerprint density at radius 2 is 1.94 bits per heavy atom. The number of rotatable bonds is 5. The zero-order valence-corrected chi connectivity index (χ0v) is 10.9. The van der Waals surface area contributed by atoms with Crippen LogP contribution in [0.25, 0.3) is 0 Å². The van der Waals surface area contributed by atoms with Crippen LogP contribution in [0.2, 0.25) is 0 Å². The lowest BCUT2D eigenvalue weighted by atomic mass is 10.1. The van der Waals surface area contributed by atoms with Crippen LogP contribution in [-0.4, -0.2) is 26.3 Å². The fourth-order valence-electron chi connectivity index (χ4n) is 2.11. The van der Waals surface area contributed by atoms with Gasteiger partial charge in [-0.05, 0) is 25.2 Å². The molecule has 2 unspecified atom stereocenters. The number of carbonyl (C=O) groups excluding carboxylic acids is 1. The Morgan fingerprint density at radius 3 is 2.44 bits per heavy atom. The Kier molecular flexibility index (Phi) is 4.14. The first-order valence-corrected chi connectivity index (χ1v) is 5.72. The van der Waals surface area contributed by atoms with Crippen LogP contribution < -0.4 is 0 Å². The third kappa shape index (κ3) is 2.85. The molecular weight excluding hydrogens is 204 g/mol. The van der Waals surface area contributed by atoms with E-state index in [0.29, 0.717) is 19.1 Å². The molecule has 92 valence electrons. The smallest absolute Gasteiger partial charge is 0.310 e. The monoisotopic (exact) mass is 226 g/mol. The molecule has 16 heavy (non-hydrogen) atoms. The second-order valence-electron chi connectivity index (χ2n) is 5.23. The Hall–Kier alpha value is -0.830. The molecule has 2 atom stereocenters. The van der Waals surface area contributed by atoms with Crippen LogP contribution in [0.15, 0.2) is 11.6 Å². The maximum Gasteiger partial charge on any atom is 0.310 e. The lowest BCUT2D eigenvalue weighted by Gasteiger charge is -2.04. The Balaban J connectivity index is 2.49. The predicted octanol–water partition coefficient (Wildman–Crippen LogP) is 2.41. The zero-order valence-electron chi connectivity index (χ0n) is 10.9. The Bertz CT molecular complexity index is 288. The molecule has 1 rings (SSSR count). The molecule has 3 nitrogen and oxygen atoms in total. The van der Waals surface area contributed by atoms with Crippen LogP contribution in [0.4, 0.5) is 0 Å². The van der Waals surface area contributed by atoms with Crippen molar-refractivity contribution in [3.05, 3.63) is 11.6 Å². The minimum Gasteiger partial charge on any atom is -0.463 e. The lowest BCUT2D eigenvalue weighted by Crippen LogP contribution is -2.14. The van der Waals surface area contributed by atoms with Gasteiger partial charge in [0, 0.05) is 7.11 Å². The van der Waals surface area contributed by atoms with Crippen molar-refractivity contribution in [1.82, 2.24) is 0 Å². The molecule has 0 heterocycles. The Morgan fingerprint density at radius 1 is 1.31 bits per heavy atom. The number of hydrogen-bond donors (Lipinski definition) is 0. The Labute approximate surface area is 97.8 Å². The molecule has 0 aliphatic heterocycles. The highest BCUT2D eigenvalue weighted by atomic mass is 16.6. The highest BCUT2D eigenvalue weighted by Crippen LogP contribution is 2.59. The molecule has 0 aromatic heterocycles. The van der Waals surface area contributed by atoms with Gasteiger partial charge >= 0.3 is 5.97 Å². The fourth-order valence-corrected chi connectivity index (χ4v) is 2.11. The van der Waals surface area contributed by atoms with E-state index in [4.69, 9.17) is 9.47 Å². The van der Waals surface area contributed by atoms with Crippen molar-refractivity contribution in [2.24, 2.45) is 17.3 Å². The van der Waals surface area contributed by atoms with Crippen molar-refractivity contribution in [2.75, 3.05) is 20.3 Å². The van der Waals surface area contributed by atoms with Gasteiger partial charge in [-0.25, -0.2) is 0 Å². The molecule has 0 saturated heterocycles. The summed E-state index contributed by atoms with van der Waals surface area (Å²) in [5, 5.41) is 0. The van der Waals surface area contributed by atoms with Gasteiger partial charge in [0.15, 0.2) is 0 Å². The summed E-state index contributed by atoms with van der Waals surface area (Å²) < 4.78 is 10.0. The van der Waals surface area contributed by atoms with E-state index in [-0.39, 0.29) is 17.3 Å². The third-order valence-electron chi connectivity index (χ3n) is 3.21. The fraction of sp³-hybridized carbons (Fsp3) is 0.769. The van der Waals surface area contributed by atoms with Crippen LogP contribution >= 0.6 is 0 Å². The van der Waals surface area contributed by atoms with E-state index in [1.165, 1.54) is 5.57 Å². The quantitative estimate of drug-likeness (QED) is 0.410. The van der Waals surface area contributed by atoms with Crippen LogP contribution in [0, 0.1) is 17.3 Å². The van der Waals surface area contributed by atoms with Gasteiger partial charge in [-0.1, -0.05) is 25.5 Å². The zero-order chi connectivity index (χ0) is 12.3. The summed E-state index contributed by atoms with van der Waals surface area (Å²) in [6.07, 6.45) is 2.17. The topological polar surface area (TPSA) is 35.5 Å². The van der Waals surface area contributed by atoms with Crippen molar-refractivity contribution >= 4 is 5.97 Å². The third-order valence-corrected chi connectivity index (χ3v) is 3.21. The second-order valence-corrected chi connectivity index (χ2v) is 5.23. The molecule has 3 heteroatoms. The van der Waals surface area contributed by atoms with Crippen LogP contribution in [0.1, 0.15) is 27.7 Å². The van der Waals surface area contributed by atoms with Gasteiger partial charge < -0.3 is 9.47 Å². The van der Waals surface area contributed by atoms with E-state index in [0.717, 1.165) is 0 Å². The number of allylic oxidation sites excluding steroid dienone is 2. The summed E-state index contributed by atoms with van der Waals surface area (Å²) in [6, 6.07) is 0. The van der Waals surface area contributed by atoms with E-state index in [2.05, 4.69) is 33.8 Å². The molecule has 0 N–H and O–H groups in total. The number of esters is 1. The predicted molar refractivity (Wildman–Crippen MR) is 63.0 cm³/mol. The van der Waals surface area contributed by atoms with Gasteiger partial charge in [0.25, 0.3) is 0 Å². The normalized spacial score (nSPS) is 26.1. The van der Waals surface area contributed by atoms with E-state index in [9.17, 15) is 4.79 Å². The van der Waals surface area contributed by atoms with Gasteiger partial charge in [-0.15, -0.1) is 0 Å². The van der Waals surface area contributed by atoms with E-state index in [1.54, 1.807) is 7.11 Å².